The molecule has 5 nitrogen and oxygen atoms in total. The molecule has 0 aliphatic carbocycles. The second-order valence-electron chi connectivity index (χ2n) is 6.04. The molecule has 1 aliphatic rings. The van der Waals surface area contributed by atoms with Crippen LogP contribution in [0.3, 0.4) is 0 Å². The second kappa shape index (κ2) is 8.03. The van der Waals surface area contributed by atoms with Gasteiger partial charge in [0.15, 0.2) is 0 Å². The summed E-state index contributed by atoms with van der Waals surface area (Å²) in [6, 6.07) is 16.1. The van der Waals surface area contributed by atoms with Gasteiger partial charge in [-0.25, -0.2) is 4.79 Å². The summed E-state index contributed by atoms with van der Waals surface area (Å²) in [5.74, 6) is -0.0651. The van der Waals surface area contributed by atoms with Gasteiger partial charge in [0.25, 0.3) is 5.91 Å². The maximum atomic E-state index is 12.3. The summed E-state index contributed by atoms with van der Waals surface area (Å²) in [4.78, 5) is 26.2. The molecular weight excluding hydrogens is 338 g/mol. The third-order valence-corrected chi connectivity index (χ3v) is 4.50. The quantitative estimate of drug-likeness (QED) is 0.878. The molecule has 25 heavy (non-hydrogen) atoms. The molecule has 0 bridgehead atoms. The highest BCUT2D eigenvalue weighted by Crippen LogP contribution is 2.16. The number of carbonyl (C=O) groups is 2. The van der Waals surface area contributed by atoms with Gasteiger partial charge in [0, 0.05) is 35.4 Å². The predicted molar refractivity (Wildman–Crippen MR) is 99.0 cm³/mol. The minimum Gasteiger partial charge on any atom is -0.349 e. The number of piperidine rings is 1. The van der Waals surface area contributed by atoms with Crippen LogP contribution in [0.2, 0.25) is 5.02 Å². The van der Waals surface area contributed by atoms with Crippen LogP contribution in [0, 0.1) is 0 Å². The number of hydrogen-bond acceptors (Lipinski definition) is 2. The van der Waals surface area contributed by atoms with Crippen molar-refractivity contribution in [3.63, 3.8) is 0 Å². The highest BCUT2D eigenvalue weighted by molar-refractivity contribution is 6.30. The van der Waals surface area contributed by atoms with Gasteiger partial charge in [0.2, 0.25) is 0 Å². The number of hydrogen-bond donors (Lipinski definition) is 2. The summed E-state index contributed by atoms with van der Waals surface area (Å²) in [6.07, 6.45) is 1.49. The van der Waals surface area contributed by atoms with Crippen LogP contribution in [0.15, 0.2) is 54.6 Å². The molecule has 1 aliphatic heterocycles. The Balaban J connectivity index is 1.47. The van der Waals surface area contributed by atoms with Crippen LogP contribution in [-0.4, -0.2) is 36.0 Å². The Labute approximate surface area is 152 Å². The first-order chi connectivity index (χ1) is 12.1. The van der Waals surface area contributed by atoms with E-state index in [2.05, 4.69) is 10.6 Å². The van der Waals surface area contributed by atoms with Crippen LogP contribution in [0.1, 0.15) is 23.2 Å². The summed E-state index contributed by atoms with van der Waals surface area (Å²) >= 11 is 5.84. The number of amides is 3. The third kappa shape index (κ3) is 4.73. The number of rotatable bonds is 3. The average Bonchev–Trinajstić information content (AvgIpc) is 2.65. The first-order valence-corrected chi connectivity index (χ1v) is 8.67. The van der Waals surface area contributed by atoms with Gasteiger partial charge in [-0.2, -0.15) is 0 Å². The highest BCUT2D eigenvalue weighted by Gasteiger charge is 2.24. The highest BCUT2D eigenvalue weighted by atomic mass is 35.5. The lowest BCUT2D eigenvalue weighted by Gasteiger charge is -2.32. The van der Waals surface area contributed by atoms with Crippen molar-refractivity contribution >= 4 is 29.2 Å². The van der Waals surface area contributed by atoms with Crippen molar-refractivity contribution in [3.05, 3.63) is 65.2 Å². The number of nitrogens with zero attached hydrogens (tertiary/aromatic N) is 1. The molecule has 130 valence electrons. The second-order valence-corrected chi connectivity index (χ2v) is 6.47. The summed E-state index contributed by atoms with van der Waals surface area (Å²) in [5, 5.41) is 6.53. The fourth-order valence-electron chi connectivity index (χ4n) is 2.82. The van der Waals surface area contributed by atoms with Crippen LogP contribution in [0.4, 0.5) is 10.5 Å². The van der Waals surface area contributed by atoms with E-state index in [0.29, 0.717) is 29.4 Å². The molecule has 3 amide bonds. The largest absolute Gasteiger partial charge is 0.349 e. The van der Waals surface area contributed by atoms with Crippen LogP contribution in [0.25, 0.3) is 0 Å². The molecule has 0 radical (unpaired) electrons. The molecule has 0 aromatic heterocycles. The van der Waals surface area contributed by atoms with Crippen molar-refractivity contribution < 1.29 is 9.59 Å². The molecule has 0 spiro atoms. The van der Waals surface area contributed by atoms with Crippen molar-refractivity contribution in [1.82, 2.24) is 10.2 Å². The van der Waals surface area contributed by atoms with Crippen LogP contribution >= 0.6 is 11.6 Å². The fourth-order valence-corrected chi connectivity index (χ4v) is 2.95. The number of carbonyl (C=O) groups excluding carboxylic acids is 2. The Morgan fingerprint density at radius 3 is 2.24 bits per heavy atom. The van der Waals surface area contributed by atoms with Crippen LogP contribution < -0.4 is 10.6 Å². The van der Waals surface area contributed by atoms with E-state index in [0.717, 1.165) is 12.8 Å². The maximum Gasteiger partial charge on any atom is 0.321 e. The van der Waals surface area contributed by atoms with Gasteiger partial charge in [-0.15, -0.1) is 0 Å². The lowest BCUT2D eigenvalue weighted by molar-refractivity contribution is 0.0919. The number of likely N-dealkylation sites (tertiary alicyclic amines) is 1. The molecule has 3 rings (SSSR count). The summed E-state index contributed by atoms with van der Waals surface area (Å²) in [6.45, 7) is 1.22. The molecule has 1 heterocycles. The molecule has 0 atom stereocenters. The van der Waals surface area contributed by atoms with Crippen molar-refractivity contribution in [3.8, 4) is 0 Å². The van der Waals surface area contributed by atoms with E-state index in [1.54, 1.807) is 41.3 Å². The minimum atomic E-state index is -0.129. The molecular formula is C19H20ClN3O2. The first-order valence-electron chi connectivity index (χ1n) is 8.29. The first kappa shape index (κ1) is 17.3. The molecule has 2 N–H and O–H groups in total. The zero-order valence-corrected chi connectivity index (χ0v) is 14.5. The minimum absolute atomic E-state index is 0.0651. The van der Waals surface area contributed by atoms with E-state index >= 15 is 0 Å². The van der Waals surface area contributed by atoms with Crippen LogP contribution in [0.5, 0.6) is 0 Å². The van der Waals surface area contributed by atoms with Gasteiger partial charge >= 0.3 is 6.03 Å². The normalized spacial score (nSPS) is 14.8. The third-order valence-electron chi connectivity index (χ3n) is 4.25. The summed E-state index contributed by atoms with van der Waals surface area (Å²) in [7, 11) is 0. The van der Waals surface area contributed by atoms with Crippen molar-refractivity contribution in [2.45, 2.75) is 18.9 Å². The van der Waals surface area contributed by atoms with Gasteiger partial charge in [-0.3, -0.25) is 4.79 Å². The van der Waals surface area contributed by atoms with Gasteiger partial charge in [0.1, 0.15) is 0 Å². The number of nitrogens with one attached hydrogen (secondary N) is 2. The molecule has 1 saturated heterocycles. The standard InChI is InChI=1S/C19H20ClN3O2/c20-15-6-8-16(9-7-15)22-19(25)23-12-10-17(11-13-23)21-18(24)14-4-2-1-3-5-14/h1-9,17H,10-13H2,(H,21,24)(H,22,25). The van der Waals surface area contributed by atoms with E-state index in [4.69, 9.17) is 11.6 Å². The molecule has 0 saturated carbocycles. The van der Waals surface area contributed by atoms with Gasteiger partial charge in [-0.1, -0.05) is 29.8 Å². The number of benzene rings is 2. The Hall–Kier alpha value is -2.53. The number of anilines is 1. The predicted octanol–water partition coefficient (Wildman–Crippen LogP) is 3.77. The summed E-state index contributed by atoms with van der Waals surface area (Å²) < 4.78 is 0. The van der Waals surface area contributed by atoms with Crippen molar-refractivity contribution in [2.24, 2.45) is 0 Å². The topological polar surface area (TPSA) is 61.4 Å². The Morgan fingerprint density at radius 2 is 1.60 bits per heavy atom. The molecule has 1 fully saturated rings. The number of halogens is 1. The van der Waals surface area contributed by atoms with E-state index in [-0.39, 0.29) is 18.0 Å². The number of urea groups is 1. The van der Waals surface area contributed by atoms with E-state index in [9.17, 15) is 9.59 Å². The van der Waals surface area contributed by atoms with Gasteiger partial charge < -0.3 is 15.5 Å². The van der Waals surface area contributed by atoms with Crippen molar-refractivity contribution in [1.29, 1.82) is 0 Å². The molecule has 2 aromatic carbocycles. The smallest absolute Gasteiger partial charge is 0.321 e. The summed E-state index contributed by atoms with van der Waals surface area (Å²) in [5.41, 5.74) is 1.37. The zero-order chi connectivity index (χ0) is 17.6. The molecule has 6 heteroatoms. The van der Waals surface area contributed by atoms with Crippen molar-refractivity contribution in [2.75, 3.05) is 18.4 Å². The lowest BCUT2D eigenvalue weighted by atomic mass is 10.0. The molecule has 2 aromatic rings. The average molecular weight is 358 g/mol. The van der Waals surface area contributed by atoms with Gasteiger partial charge in [-0.05, 0) is 49.2 Å². The zero-order valence-electron chi connectivity index (χ0n) is 13.7. The van der Waals surface area contributed by atoms with Crippen LogP contribution in [-0.2, 0) is 0 Å². The van der Waals surface area contributed by atoms with E-state index in [1.807, 2.05) is 18.2 Å². The fraction of sp³-hybridized carbons (Fsp3) is 0.263. The van der Waals surface area contributed by atoms with E-state index < -0.39 is 0 Å². The lowest BCUT2D eigenvalue weighted by Crippen LogP contribution is -2.47. The Morgan fingerprint density at radius 1 is 0.960 bits per heavy atom. The van der Waals surface area contributed by atoms with Gasteiger partial charge in [0.05, 0.1) is 0 Å². The molecule has 0 unspecified atom stereocenters. The maximum absolute atomic E-state index is 12.3. The Bertz CT molecular complexity index is 726. The SMILES string of the molecule is O=C(NC1CCN(C(=O)Nc2ccc(Cl)cc2)CC1)c1ccccc1. The monoisotopic (exact) mass is 357 g/mol. The Kier molecular flexibility index (Phi) is 5.56. The van der Waals surface area contributed by atoms with E-state index in [1.165, 1.54) is 0 Å².